The monoisotopic (exact) mass is 300 g/mol. The van der Waals surface area contributed by atoms with Crippen LogP contribution in [-0.2, 0) is 6.42 Å². The fraction of sp³-hybridized carbons (Fsp3) is 0.278. The first kappa shape index (κ1) is 15.6. The van der Waals surface area contributed by atoms with Crippen LogP contribution in [0.2, 0.25) is 0 Å². The Morgan fingerprint density at radius 1 is 0.952 bits per heavy atom. The molecule has 0 fully saturated rings. The average molecular weight is 301 g/mol. The van der Waals surface area contributed by atoms with Gasteiger partial charge in [0, 0.05) is 12.0 Å². The highest BCUT2D eigenvalue weighted by Gasteiger charge is 2.08. The lowest BCUT2D eigenvalue weighted by molar-refractivity contribution is 0.700. The number of unbranched alkanes of at least 4 members (excludes halogenated alkanes) is 2. The normalized spacial score (nSPS) is 10.5. The van der Waals surface area contributed by atoms with Crippen molar-refractivity contribution in [3.05, 3.63) is 54.4 Å². The molecule has 21 heavy (non-hydrogen) atoms. The van der Waals surface area contributed by atoms with E-state index in [4.69, 9.17) is 4.98 Å². The quantitative estimate of drug-likeness (QED) is 0.629. The Balaban J connectivity index is 0.00000161. The van der Waals surface area contributed by atoms with E-state index in [-0.39, 0.29) is 12.4 Å². The molecule has 0 amide bonds. The van der Waals surface area contributed by atoms with Gasteiger partial charge < -0.3 is 4.98 Å². The van der Waals surface area contributed by atoms with E-state index in [1.807, 2.05) is 6.07 Å². The first-order valence-electron chi connectivity index (χ1n) is 7.41. The minimum absolute atomic E-state index is 0. The molecule has 0 saturated carbocycles. The van der Waals surface area contributed by atoms with Crippen molar-refractivity contribution in [2.45, 2.75) is 32.6 Å². The van der Waals surface area contributed by atoms with Crippen molar-refractivity contribution in [3.63, 3.8) is 0 Å². The van der Waals surface area contributed by atoms with Gasteiger partial charge in [0.1, 0.15) is 5.82 Å². The third kappa shape index (κ3) is 3.45. The Bertz CT molecular complexity index is 689. The largest absolute Gasteiger partial charge is 0.342 e. The van der Waals surface area contributed by atoms with Gasteiger partial charge in [0.05, 0.1) is 11.0 Å². The lowest BCUT2D eigenvalue weighted by Crippen LogP contribution is -1.87. The zero-order valence-corrected chi connectivity index (χ0v) is 13.1. The molecule has 3 rings (SSSR count). The predicted molar refractivity (Wildman–Crippen MR) is 92.0 cm³/mol. The van der Waals surface area contributed by atoms with Crippen molar-refractivity contribution in [1.29, 1.82) is 0 Å². The van der Waals surface area contributed by atoms with E-state index >= 15 is 0 Å². The fourth-order valence-corrected chi connectivity index (χ4v) is 2.59. The second-order valence-electron chi connectivity index (χ2n) is 5.21. The van der Waals surface area contributed by atoms with Crippen molar-refractivity contribution < 1.29 is 0 Å². The van der Waals surface area contributed by atoms with E-state index in [0.717, 1.165) is 23.3 Å². The number of para-hydroxylation sites is 1. The molecule has 3 aromatic rings. The molecule has 0 radical (unpaired) electrons. The fourth-order valence-electron chi connectivity index (χ4n) is 2.59. The third-order valence-electron chi connectivity index (χ3n) is 3.66. The van der Waals surface area contributed by atoms with Crippen LogP contribution in [0.1, 0.15) is 32.0 Å². The molecule has 0 aliphatic carbocycles. The Morgan fingerprint density at radius 3 is 2.52 bits per heavy atom. The van der Waals surface area contributed by atoms with E-state index in [1.54, 1.807) is 0 Å². The number of fused-ring (bicyclic) bond motifs is 1. The average Bonchev–Trinajstić information content (AvgIpc) is 2.91. The molecule has 2 aromatic carbocycles. The number of aryl methyl sites for hydroxylation is 1. The predicted octanol–water partition coefficient (Wildman–Crippen LogP) is 5.38. The number of halogens is 1. The maximum absolute atomic E-state index is 4.81. The minimum Gasteiger partial charge on any atom is -0.342 e. The van der Waals surface area contributed by atoms with Crippen LogP contribution in [-0.4, -0.2) is 9.97 Å². The second-order valence-corrected chi connectivity index (χ2v) is 5.21. The molecular formula is C18H21ClN2. The van der Waals surface area contributed by atoms with Crippen LogP contribution in [0, 0.1) is 0 Å². The number of hydrogen-bond acceptors (Lipinski definition) is 1. The number of hydrogen-bond donors (Lipinski definition) is 1. The number of nitrogens with one attached hydrogen (secondary N) is 1. The lowest BCUT2D eigenvalue weighted by atomic mass is 10.0. The summed E-state index contributed by atoms with van der Waals surface area (Å²) in [6, 6.07) is 16.8. The first-order chi connectivity index (χ1) is 9.88. The lowest BCUT2D eigenvalue weighted by Gasteiger charge is -2.01. The maximum atomic E-state index is 4.81. The van der Waals surface area contributed by atoms with Gasteiger partial charge in [-0.25, -0.2) is 4.98 Å². The standard InChI is InChI=1S/C18H20N2.ClH/c1-2-3-5-13-17-19-16-12-8-11-15(18(16)20-17)14-9-6-4-7-10-14;/h4,6-12H,2-3,5,13H2,1H3,(H,19,20);1H. The van der Waals surface area contributed by atoms with Crippen LogP contribution < -0.4 is 0 Å². The third-order valence-corrected chi connectivity index (χ3v) is 3.66. The molecule has 110 valence electrons. The number of nitrogens with zero attached hydrogens (tertiary/aromatic N) is 1. The van der Waals surface area contributed by atoms with E-state index in [2.05, 4.69) is 54.4 Å². The highest BCUT2D eigenvalue weighted by Crippen LogP contribution is 2.27. The van der Waals surface area contributed by atoms with Crippen LogP contribution >= 0.6 is 12.4 Å². The number of imidazole rings is 1. The summed E-state index contributed by atoms with van der Waals surface area (Å²) in [5, 5.41) is 0. The summed E-state index contributed by atoms with van der Waals surface area (Å²) in [5.41, 5.74) is 4.66. The number of aromatic amines is 1. The molecule has 1 heterocycles. The summed E-state index contributed by atoms with van der Waals surface area (Å²) in [6.07, 6.45) is 4.76. The van der Waals surface area contributed by atoms with Crippen LogP contribution in [0.4, 0.5) is 0 Å². The summed E-state index contributed by atoms with van der Waals surface area (Å²) < 4.78 is 0. The van der Waals surface area contributed by atoms with E-state index < -0.39 is 0 Å². The highest BCUT2D eigenvalue weighted by atomic mass is 35.5. The second kappa shape index (κ2) is 7.28. The first-order valence-corrected chi connectivity index (χ1v) is 7.41. The van der Waals surface area contributed by atoms with Gasteiger partial charge in [-0.05, 0) is 18.1 Å². The zero-order valence-electron chi connectivity index (χ0n) is 12.3. The van der Waals surface area contributed by atoms with Crippen molar-refractivity contribution >= 4 is 23.4 Å². The summed E-state index contributed by atoms with van der Waals surface area (Å²) in [6.45, 7) is 2.23. The Kier molecular flexibility index (Phi) is 5.40. The maximum Gasteiger partial charge on any atom is 0.107 e. The van der Waals surface area contributed by atoms with Gasteiger partial charge in [-0.3, -0.25) is 0 Å². The smallest absolute Gasteiger partial charge is 0.107 e. The number of aromatic nitrogens is 2. The van der Waals surface area contributed by atoms with Gasteiger partial charge in [0.25, 0.3) is 0 Å². The van der Waals surface area contributed by atoms with Crippen molar-refractivity contribution in [1.82, 2.24) is 9.97 Å². The van der Waals surface area contributed by atoms with Crippen molar-refractivity contribution in [2.75, 3.05) is 0 Å². The summed E-state index contributed by atoms with van der Waals surface area (Å²) in [4.78, 5) is 8.26. The van der Waals surface area contributed by atoms with Crippen molar-refractivity contribution in [3.8, 4) is 11.1 Å². The molecule has 0 unspecified atom stereocenters. The topological polar surface area (TPSA) is 28.7 Å². The molecule has 1 N–H and O–H groups in total. The molecule has 0 aliphatic heterocycles. The Labute approximate surface area is 132 Å². The molecule has 3 heteroatoms. The van der Waals surface area contributed by atoms with Crippen molar-refractivity contribution in [2.24, 2.45) is 0 Å². The van der Waals surface area contributed by atoms with Gasteiger partial charge >= 0.3 is 0 Å². The van der Waals surface area contributed by atoms with Crippen LogP contribution in [0.15, 0.2) is 48.5 Å². The van der Waals surface area contributed by atoms with Crippen LogP contribution in [0.3, 0.4) is 0 Å². The number of rotatable bonds is 5. The molecule has 2 nitrogen and oxygen atoms in total. The Hall–Kier alpha value is -1.80. The molecule has 0 bridgehead atoms. The van der Waals surface area contributed by atoms with Gasteiger partial charge in [-0.1, -0.05) is 62.2 Å². The minimum atomic E-state index is 0. The number of H-pyrrole nitrogens is 1. The van der Waals surface area contributed by atoms with Gasteiger partial charge in [-0.2, -0.15) is 0 Å². The number of benzene rings is 2. The van der Waals surface area contributed by atoms with Gasteiger partial charge in [-0.15, -0.1) is 12.4 Å². The van der Waals surface area contributed by atoms with E-state index in [9.17, 15) is 0 Å². The molecule has 1 aromatic heterocycles. The molecule has 0 atom stereocenters. The molecular weight excluding hydrogens is 280 g/mol. The molecule has 0 spiro atoms. The van der Waals surface area contributed by atoms with Gasteiger partial charge in [0.15, 0.2) is 0 Å². The van der Waals surface area contributed by atoms with Crippen LogP contribution in [0.25, 0.3) is 22.2 Å². The molecule has 0 aliphatic rings. The SMILES string of the molecule is CCCCCc1nc2c(-c3ccccc3)cccc2[nH]1.Cl. The van der Waals surface area contributed by atoms with Crippen LogP contribution in [0.5, 0.6) is 0 Å². The van der Waals surface area contributed by atoms with E-state index in [0.29, 0.717) is 0 Å². The van der Waals surface area contributed by atoms with E-state index in [1.165, 1.54) is 30.4 Å². The highest BCUT2D eigenvalue weighted by molar-refractivity contribution is 5.91. The summed E-state index contributed by atoms with van der Waals surface area (Å²) in [7, 11) is 0. The zero-order chi connectivity index (χ0) is 13.8. The summed E-state index contributed by atoms with van der Waals surface area (Å²) >= 11 is 0. The molecule has 0 saturated heterocycles. The summed E-state index contributed by atoms with van der Waals surface area (Å²) in [5.74, 6) is 1.11. The van der Waals surface area contributed by atoms with Gasteiger partial charge in [0.2, 0.25) is 0 Å². The Morgan fingerprint density at radius 2 is 1.76 bits per heavy atom.